The molecule has 8 heteroatoms. The third-order valence-corrected chi connectivity index (χ3v) is 13.2. The number of carbonyl (C=O) groups excluding carboxylic acids is 3. The lowest BCUT2D eigenvalue weighted by atomic mass is 9.77. The van der Waals surface area contributed by atoms with Gasteiger partial charge in [-0.1, -0.05) is 46.2 Å². The van der Waals surface area contributed by atoms with Crippen LogP contribution in [0.1, 0.15) is 77.1 Å². The van der Waals surface area contributed by atoms with Crippen molar-refractivity contribution in [1.29, 1.82) is 0 Å². The van der Waals surface area contributed by atoms with Gasteiger partial charge in [-0.05, 0) is 50.0 Å². The Balaban J connectivity index is 1.59. The van der Waals surface area contributed by atoms with Crippen LogP contribution in [0.4, 0.5) is 0 Å². The minimum atomic E-state index is -2.10. The van der Waals surface area contributed by atoms with E-state index >= 15 is 0 Å². The van der Waals surface area contributed by atoms with Crippen molar-refractivity contribution in [1.82, 2.24) is 10.2 Å². The lowest BCUT2D eigenvalue weighted by Crippen LogP contribution is -2.70. The summed E-state index contributed by atoms with van der Waals surface area (Å²) in [6.45, 7) is 14.6. The zero-order valence-corrected chi connectivity index (χ0v) is 23.1. The maximum absolute atomic E-state index is 14.0. The molecule has 2 heterocycles. The molecule has 0 aromatic heterocycles. The van der Waals surface area contributed by atoms with Crippen molar-refractivity contribution in [3.05, 3.63) is 29.8 Å². The number of para-hydroxylation sites is 1. The Bertz CT molecular complexity index is 1010. The molecule has 2 fully saturated rings. The Morgan fingerprint density at radius 1 is 1.14 bits per heavy atom. The first kappa shape index (κ1) is 25.9. The molecule has 192 valence electrons. The van der Waals surface area contributed by atoms with Crippen LogP contribution in [-0.4, -0.2) is 48.8 Å². The molecular formula is C27H40N2O5Si. The van der Waals surface area contributed by atoms with Crippen LogP contribution in [0.3, 0.4) is 0 Å². The molecule has 1 aromatic rings. The van der Waals surface area contributed by atoms with Gasteiger partial charge in [-0.2, -0.15) is 0 Å². The Morgan fingerprint density at radius 3 is 2.37 bits per heavy atom. The zero-order valence-electron chi connectivity index (χ0n) is 22.1. The minimum Gasteiger partial charge on any atom is -0.467 e. The summed E-state index contributed by atoms with van der Waals surface area (Å²) in [4.78, 5) is 41.7. The third-order valence-electron chi connectivity index (χ3n) is 8.60. The van der Waals surface area contributed by atoms with Crippen LogP contribution in [0.2, 0.25) is 18.1 Å². The molecule has 0 unspecified atom stereocenters. The van der Waals surface area contributed by atoms with Crippen molar-refractivity contribution in [2.24, 2.45) is 11.8 Å². The Morgan fingerprint density at radius 2 is 1.77 bits per heavy atom. The van der Waals surface area contributed by atoms with Crippen LogP contribution >= 0.6 is 0 Å². The summed E-state index contributed by atoms with van der Waals surface area (Å²) in [6.07, 6.45) is 3.78. The largest absolute Gasteiger partial charge is 0.467 e. The number of imide groups is 1. The molecule has 4 atom stereocenters. The first-order valence-corrected chi connectivity index (χ1v) is 15.8. The van der Waals surface area contributed by atoms with Crippen molar-refractivity contribution in [2.45, 2.75) is 103 Å². The topological polar surface area (TPSA) is 84.9 Å². The number of fused-ring (bicyclic) bond motifs is 1. The van der Waals surface area contributed by atoms with E-state index in [0.717, 1.165) is 19.3 Å². The highest BCUT2D eigenvalue weighted by atomic mass is 28.4. The molecule has 3 aliphatic rings. The summed E-state index contributed by atoms with van der Waals surface area (Å²) < 4.78 is 12.9. The van der Waals surface area contributed by atoms with Crippen LogP contribution in [0.5, 0.6) is 5.75 Å². The summed E-state index contributed by atoms with van der Waals surface area (Å²) in [5.74, 6) is -1.17. The van der Waals surface area contributed by atoms with Gasteiger partial charge in [0.15, 0.2) is 14.0 Å². The summed E-state index contributed by atoms with van der Waals surface area (Å²) in [5.41, 5.74) is -0.547. The van der Waals surface area contributed by atoms with E-state index in [1.807, 2.05) is 19.9 Å². The highest BCUT2D eigenvalue weighted by Crippen LogP contribution is 2.44. The first-order valence-electron chi connectivity index (χ1n) is 12.9. The lowest BCUT2D eigenvalue weighted by Gasteiger charge is -2.51. The molecule has 0 bridgehead atoms. The summed E-state index contributed by atoms with van der Waals surface area (Å²) in [6, 6.07) is 6.76. The van der Waals surface area contributed by atoms with Crippen LogP contribution in [0.15, 0.2) is 24.3 Å². The molecule has 1 aromatic carbocycles. The molecular weight excluding hydrogens is 460 g/mol. The summed E-state index contributed by atoms with van der Waals surface area (Å²) >= 11 is 0. The van der Waals surface area contributed by atoms with Crippen molar-refractivity contribution in [3.63, 3.8) is 0 Å². The van der Waals surface area contributed by atoms with Crippen LogP contribution in [-0.2, 0) is 14.0 Å². The highest BCUT2D eigenvalue weighted by molar-refractivity contribution is 6.74. The average Bonchev–Trinajstić information content (AvgIpc) is 2.76. The van der Waals surface area contributed by atoms with Gasteiger partial charge < -0.3 is 14.5 Å². The number of amides is 3. The van der Waals surface area contributed by atoms with E-state index in [0.29, 0.717) is 24.2 Å². The molecule has 4 rings (SSSR count). The molecule has 2 aliphatic heterocycles. The normalized spacial score (nSPS) is 25.7. The molecule has 1 spiro atoms. The fraction of sp³-hybridized carbons (Fsp3) is 0.667. The number of carbonyl (C=O) groups is 3. The number of ether oxygens (including phenoxy) is 1. The second-order valence-corrected chi connectivity index (χ2v) is 16.8. The van der Waals surface area contributed by atoms with Crippen LogP contribution < -0.4 is 10.1 Å². The van der Waals surface area contributed by atoms with Gasteiger partial charge in [-0.3, -0.25) is 14.4 Å². The quantitative estimate of drug-likeness (QED) is 0.461. The van der Waals surface area contributed by atoms with Gasteiger partial charge in [0.1, 0.15) is 5.75 Å². The first-order chi connectivity index (χ1) is 16.3. The Labute approximate surface area is 210 Å². The molecule has 1 saturated heterocycles. The van der Waals surface area contributed by atoms with Crippen LogP contribution in [0.25, 0.3) is 0 Å². The van der Waals surface area contributed by atoms with Gasteiger partial charge in [0.2, 0.25) is 11.8 Å². The van der Waals surface area contributed by atoms with Crippen molar-refractivity contribution in [3.8, 4) is 5.75 Å². The number of rotatable bonds is 5. The van der Waals surface area contributed by atoms with Crippen molar-refractivity contribution < 1.29 is 23.5 Å². The van der Waals surface area contributed by atoms with E-state index in [-0.39, 0.29) is 34.9 Å². The monoisotopic (exact) mass is 500 g/mol. The van der Waals surface area contributed by atoms with E-state index in [2.05, 4.69) is 39.2 Å². The standard InChI is InChI=1S/C27H40N2O5Si/c1-17(22-21(23(30)28-22)18(2)34-35(6,7)26(3,4)5)24(31)29-25(32)19-13-9-10-14-20(19)33-27(29)15-11-8-12-16-27/h9-10,13-14,17-18,21-22H,8,11-12,15-16H2,1-7H3,(H,28,30)/t17-,18-,21-,22-/m1/s1. The van der Waals surface area contributed by atoms with Gasteiger partial charge in [0.25, 0.3) is 5.91 Å². The van der Waals surface area contributed by atoms with Crippen molar-refractivity contribution >= 4 is 26.0 Å². The highest BCUT2D eigenvalue weighted by Gasteiger charge is 2.56. The summed E-state index contributed by atoms with van der Waals surface area (Å²) in [5, 5.41) is 2.95. The maximum Gasteiger partial charge on any atom is 0.267 e. The number of nitrogens with one attached hydrogen (secondary N) is 1. The Hall–Kier alpha value is -2.19. The predicted octanol–water partition coefficient (Wildman–Crippen LogP) is 4.87. The average molecular weight is 501 g/mol. The predicted molar refractivity (Wildman–Crippen MR) is 136 cm³/mol. The van der Waals surface area contributed by atoms with Gasteiger partial charge in [0, 0.05) is 12.8 Å². The van der Waals surface area contributed by atoms with Gasteiger partial charge in [-0.15, -0.1) is 0 Å². The van der Waals surface area contributed by atoms with E-state index < -0.39 is 25.9 Å². The fourth-order valence-corrected chi connectivity index (χ4v) is 6.88. The smallest absolute Gasteiger partial charge is 0.267 e. The zero-order chi connectivity index (χ0) is 25.8. The molecule has 35 heavy (non-hydrogen) atoms. The number of hydrogen-bond acceptors (Lipinski definition) is 5. The molecule has 7 nitrogen and oxygen atoms in total. The van der Waals surface area contributed by atoms with Crippen molar-refractivity contribution in [2.75, 3.05) is 0 Å². The van der Waals surface area contributed by atoms with E-state index in [1.165, 1.54) is 4.90 Å². The second kappa shape index (κ2) is 9.03. The van der Waals surface area contributed by atoms with Crippen LogP contribution in [0, 0.1) is 11.8 Å². The van der Waals surface area contributed by atoms with E-state index in [1.54, 1.807) is 18.2 Å². The lowest BCUT2D eigenvalue weighted by molar-refractivity contribution is -0.162. The summed E-state index contributed by atoms with van der Waals surface area (Å²) in [7, 11) is -2.10. The molecule has 0 radical (unpaired) electrons. The molecule has 1 saturated carbocycles. The second-order valence-electron chi connectivity index (χ2n) is 12.0. The van der Waals surface area contributed by atoms with Gasteiger partial charge in [-0.25, -0.2) is 4.90 Å². The Kier molecular flexibility index (Phi) is 6.68. The number of hydrogen-bond donors (Lipinski definition) is 1. The molecule has 1 aliphatic carbocycles. The SMILES string of the molecule is C[C@@H](O[Si](C)(C)C(C)(C)C)[C@H]1C(=O)N[C@@H]1[C@@H](C)C(=O)N1C(=O)c2ccccc2OC12CCCCC2. The number of nitrogens with zero attached hydrogens (tertiary/aromatic N) is 1. The van der Waals surface area contributed by atoms with E-state index in [9.17, 15) is 14.4 Å². The van der Waals surface area contributed by atoms with Gasteiger partial charge in [0.05, 0.1) is 29.5 Å². The maximum atomic E-state index is 14.0. The number of β-lactam (4-membered cyclic amide) rings is 1. The van der Waals surface area contributed by atoms with E-state index in [4.69, 9.17) is 9.16 Å². The molecule has 3 amide bonds. The van der Waals surface area contributed by atoms with Gasteiger partial charge >= 0.3 is 0 Å². The fourth-order valence-electron chi connectivity index (χ4n) is 5.45. The minimum absolute atomic E-state index is 0.0106. The number of benzene rings is 1. The third kappa shape index (κ3) is 4.44. The molecule has 1 N–H and O–H groups in total.